The number of nitrogens with two attached hydrogens (primary N) is 1. The maximum Gasteiger partial charge on any atom is 0.181 e. The Bertz CT molecular complexity index is 1160. The van der Waals surface area contributed by atoms with Gasteiger partial charge in [-0.25, -0.2) is 4.98 Å². The normalized spacial score (nSPS) is 24.5. The van der Waals surface area contributed by atoms with E-state index in [0.29, 0.717) is 23.0 Å². The molecule has 0 saturated heterocycles. The van der Waals surface area contributed by atoms with Gasteiger partial charge in [0.1, 0.15) is 0 Å². The first-order chi connectivity index (χ1) is 13.3. The average molecular weight is 376 g/mol. The highest BCUT2D eigenvalue weighted by molar-refractivity contribution is 7.22. The Kier molecular flexibility index (Phi) is 3.26. The number of nitrogen functional groups attached to an aromatic ring is 1. The van der Waals surface area contributed by atoms with Crippen molar-refractivity contribution in [1.29, 1.82) is 0 Å². The second-order valence-electron chi connectivity index (χ2n) is 7.81. The molecule has 2 aromatic heterocycles. The summed E-state index contributed by atoms with van der Waals surface area (Å²) in [5, 5.41) is 13.2. The second-order valence-corrected chi connectivity index (χ2v) is 8.88. The summed E-state index contributed by atoms with van der Waals surface area (Å²) in [6.07, 6.45) is 7.14. The minimum absolute atomic E-state index is 0.333. The second kappa shape index (κ2) is 5.70. The minimum Gasteiger partial charge on any atom is -0.378 e. The molecule has 4 aromatic rings. The number of H-pyrrole nitrogens is 1. The zero-order valence-corrected chi connectivity index (χ0v) is 15.7. The molecule has 2 aliphatic rings. The molecule has 0 radical (unpaired) electrons. The molecule has 6 rings (SSSR count). The summed E-state index contributed by atoms with van der Waals surface area (Å²) >= 11 is 1.57. The Morgan fingerprint density at radius 2 is 2.04 bits per heavy atom. The van der Waals surface area contributed by atoms with E-state index < -0.39 is 0 Å². The van der Waals surface area contributed by atoms with Gasteiger partial charge in [-0.05, 0) is 60.1 Å². The standard InChI is InChI=1S/C21H21N5S/c22-21-25-16-6-5-11(9-18(16)27-21)20-13-4-2-1-3-12(13)19-14-10-23-26-15(14)7-8-17(19)24-20/h5-10,12-13,20,24H,1-4H2,(H2,22,25)(H,23,26)/t12-,13+,20+/m0/s1. The largest absolute Gasteiger partial charge is 0.378 e. The topological polar surface area (TPSA) is 79.6 Å². The molecule has 1 aliphatic carbocycles. The fraction of sp³-hybridized carbons (Fsp3) is 0.333. The van der Waals surface area contributed by atoms with Crippen molar-refractivity contribution in [1.82, 2.24) is 15.2 Å². The number of hydrogen-bond donors (Lipinski definition) is 3. The first kappa shape index (κ1) is 15.5. The van der Waals surface area contributed by atoms with Crippen molar-refractivity contribution >= 4 is 43.3 Å². The summed E-state index contributed by atoms with van der Waals surface area (Å²) in [7, 11) is 0. The Morgan fingerprint density at radius 3 is 3.00 bits per heavy atom. The van der Waals surface area contributed by atoms with Crippen molar-refractivity contribution < 1.29 is 0 Å². The molecule has 1 fully saturated rings. The maximum absolute atomic E-state index is 5.91. The molecule has 27 heavy (non-hydrogen) atoms. The highest BCUT2D eigenvalue weighted by Gasteiger charge is 2.39. The molecule has 0 spiro atoms. The van der Waals surface area contributed by atoms with E-state index in [9.17, 15) is 0 Å². The molecule has 4 N–H and O–H groups in total. The summed E-state index contributed by atoms with van der Waals surface area (Å²) < 4.78 is 1.18. The Morgan fingerprint density at radius 1 is 1.11 bits per heavy atom. The Balaban J connectivity index is 1.51. The number of nitrogens with zero attached hydrogens (tertiary/aromatic N) is 2. The summed E-state index contributed by atoms with van der Waals surface area (Å²) in [5.41, 5.74) is 12.1. The fourth-order valence-corrected chi connectivity index (χ4v) is 6.02. The van der Waals surface area contributed by atoms with Crippen molar-refractivity contribution in [2.45, 2.75) is 37.6 Å². The molecule has 136 valence electrons. The highest BCUT2D eigenvalue weighted by Crippen LogP contribution is 2.53. The van der Waals surface area contributed by atoms with Crippen LogP contribution < -0.4 is 11.1 Å². The molecule has 3 atom stereocenters. The molecular weight excluding hydrogens is 354 g/mol. The van der Waals surface area contributed by atoms with Gasteiger partial charge in [0, 0.05) is 11.1 Å². The molecule has 0 amide bonds. The van der Waals surface area contributed by atoms with E-state index in [4.69, 9.17) is 5.73 Å². The van der Waals surface area contributed by atoms with Gasteiger partial charge < -0.3 is 11.1 Å². The maximum atomic E-state index is 5.91. The van der Waals surface area contributed by atoms with Gasteiger partial charge in [0.25, 0.3) is 0 Å². The summed E-state index contributed by atoms with van der Waals surface area (Å²) in [6.45, 7) is 0. The van der Waals surface area contributed by atoms with Crippen molar-refractivity contribution in [3.05, 3.63) is 47.7 Å². The van der Waals surface area contributed by atoms with Crippen LogP contribution in [0.1, 0.15) is 48.8 Å². The Hall–Kier alpha value is -2.60. The van der Waals surface area contributed by atoms with Gasteiger partial charge >= 0.3 is 0 Å². The van der Waals surface area contributed by atoms with Crippen LogP contribution in [0.2, 0.25) is 0 Å². The lowest BCUT2D eigenvalue weighted by Crippen LogP contribution is -2.33. The first-order valence-corrected chi connectivity index (χ1v) is 10.5. The van der Waals surface area contributed by atoms with Gasteiger partial charge in [-0.15, -0.1) is 0 Å². The minimum atomic E-state index is 0.333. The molecule has 1 aliphatic heterocycles. The lowest BCUT2D eigenvalue weighted by Gasteiger charge is -2.44. The van der Waals surface area contributed by atoms with Crippen molar-refractivity contribution in [2.24, 2.45) is 5.92 Å². The first-order valence-electron chi connectivity index (χ1n) is 9.66. The van der Waals surface area contributed by atoms with Gasteiger partial charge in [0.05, 0.1) is 28.0 Å². The van der Waals surface area contributed by atoms with Crippen LogP contribution in [0.3, 0.4) is 0 Å². The van der Waals surface area contributed by atoms with Crippen LogP contribution in [-0.4, -0.2) is 15.2 Å². The lowest BCUT2D eigenvalue weighted by molar-refractivity contribution is 0.267. The van der Waals surface area contributed by atoms with E-state index in [-0.39, 0.29) is 0 Å². The number of hydrogen-bond acceptors (Lipinski definition) is 5. The third-order valence-corrected chi connectivity index (χ3v) is 7.23. The van der Waals surface area contributed by atoms with Gasteiger partial charge in [0.2, 0.25) is 0 Å². The van der Waals surface area contributed by atoms with Crippen LogP contribution in [0.4, 0.5) is 10.8 Å². The van der Waals surface area contributed by atoms with Crippen LogP contribution in [0.15, 0.2) is 36.5 Å². The van der Waals surface area contributed by atoms with Crippen molar-refractivity contribution in [2.75, 3.05) is 11.1 Å². The molecule has 5 nitrogen and oxygen atoms in total. The average Bonchev–Trinajstić information content (AvgIpc) is 3.31. The van der Waals surface area contributed by atoms with E-state index in [1.165, 1.54) is 52.6 Å². The van der Waals surface area contributed by atoms with Crippen LogP contribution in [0, 0.1) is 5.92 Å². The highest BCUT2D eigenvalue weighted by atomic mass is 32.1. The van der Waals surface area contributed by atoms with E-state index in [2.05, 4.69) is 50.8 Å². The number of aromatic amines is 1. The van der Waals surface area contributed by atoms with Gasteiger partial charge in [0.15, 0.2) is 5.13 Å². The molecule has 6 heteroatoms. The monoisotopic (exact) mass is 375 g/mol. The number of rotatable bonds is 1. The quantitative estimate of drug-likeness (QED) is 0.427. The number of benzene rings is 2. The van der Waals surface area contributed by atoms with E-state index >= 15 is 0 Å². The smallest absolute Gasteiger partial charge is 0.181 e. The van der Waals surface area contributed by atoms with Crippen LogP contribution in [0.5, 0.6) is 0 Å². The molecule has 0 unspecified atom stereocenters. The van der Waals surface area contributed by atoms with Gasteiger partial charge in [-0.3, -0.25) is 5.10 Å². The number of anilines is 2. The number of nitrogens with one attached hydrogen (secondary N) is 2. The number of thiazole rings is 1. The van der Waals surface area contributed by atoms with Gasteiger partial charge in [-0.2, -0.15) is 5.10 Å². The molecule has 1 saturated carbocycles. The number of fused-ring (bicyclic) bond motifs is 6. The van der Waals surface area contributed by atoms with Crippen molar-refractivity contribution in [3.8, 4) is 0 Å². The zero-order valence-electron chi connectivity index (χ0n) is 14.9. The van der Waals surface area contributed by atoms with E-state index in [0.717, 1.165) is 11.0 Å². The van der Waals surface area contributed by atoms with Gasteiger partial charge in [-0.1, -0.05) is 30.2 Å². The fourth-order valence-electron chi connectivity index (χ4n) is 5.24. The van der Waals surface area contributed by atoms with Crippen molar-refractivity contribution in [3.63, 3.8) is 0 Å². The molecule has 3 heterocycles. The molecular formula is C21H21N5S. The van der Waals surface area contributed by atoms with Crippen LogP contribution >= 0.6 is 11.3 Å². The predicted octanol–water partition coefficient (Wildman–Crippen LogP) is 5.20. The predicted molar refractivity (Wildman–Crippen MR) is 111 cm³/mol. The zero-order chi connectivity index (χ0) is 18.0. The molecule has 2 aromatic carbocycles. The SMILES string of the molecule is Nc1nc2ccc([C@H]3Nc4ccc5[nH]ncc5c4[C@H]4CCCC[C@H]43)cc2s1. The molecule has 0 bridgehead atoms. The number of aromatic nitrogens is 3. The summed E-state index contributed by atoms with van der Waals surface area (Å²) in [6, 6.07) is 11.3. The Labute approximate surface area is 161 Å². The summed E-state index contributed by atoms with van der Waals surface area (Å²) in [4.78, 5) is 4.41. The summed E-state index contributed by atoms with van der Waals surface area (Å²) in [5.74, 6) is 1.19. The van der Waals surface area contributed by atoms with Crippen LogP contribution in [0.25, 0.3) is 21.1 Å². The van der Waals surface area contributed by atoms with E-state index in [1.807, 2.05) is 6.20 Å². The third-order valence-electron chi connectivity index (χ3n) is 6.38. The van der Waals surface area contributed by atoms with Crippen LogP contribution in [-0.2, 0) is 0 Å². The lowest BCUT2D eigenvalue weighted by atomic mass is 9.67. The van der Waals surface area contributed by atoms with E-state index in [1.54, 1.807) is 11.3 Å². The third kappa shape index (κ3) is 2.29.